The van der Waals surface area contributed by atoms with Crippen molar-refractivity contribution in [3.8, 4) is 5.75 Å². The lowest BCUT2D eigenvalue weighted by atomic mass is 9.98. The molecule has 19 heavy (non-hydrogen) atoms. The Morgan fingerprint density at radius 1 is 1.11 bits per heavy atom. The highest BCUT2D eigenvalue weighted by molar-refractivity contribution is 5.46. The van der Waals surface area contributed by atoms with Crippen molar-refractivity contribution in [2.75, 3.05) is 34.0 Å². The number of aryl methyl sites for hydroxylation is 1. The minimum atomic E-state index is -0.0724. The summed E-state index contributed by atoms with van der Waals surface area (Å²) in [5.41, 5.74) is 9.62. The Balaban J connectivity index is 2.61. The molecule has 0 radical (unpaired) electrons. The zero-order chi connectivity index (χ0) is 14.3. The van der Waals surface area contributed by atoms with E-state index in [9.17, 15) is 0 Å². The Bertz CT molecular complexity index is 393. The first-order valence-electron chi connectivity index (χ1n) is 6.58. The molecule has 0 saturated carbocycles. The van der Waals surface area contributed by atoms with Gasteiger partial charge in [0.1, 0.15) is 5.75 Å². The molecule has 108 valence electrons. The van der Waals surface area contributed by atoms with Crippen LogP contribution in [0.5, 0.6) is 5.75 Å². The maximum Gasteiger partial charge on any atom is 0.126 e. The van der Waals surface area contributed by atoms with Crippen molar-refractivity contribution in [2.45, 2.75) is 26.3 Å². The van der Waals surface area contributed by atoms with E-state index in [0.29, 0.717) is 19.8 Å². The van der Waals surface area contributed by atoms with E-state index >= 15 is 0 Å². The molecule has 1 atom stereocenters. The predicted molar refractivity (Wildman–Crippen MR) is 76.7 cm³/mol. The van der Waals surface area contributed by atoms with Gasteiger partial charge in [0, 0.05) is 25.3 Å². The number of hydrogen-bond donors (Lipinski definition) is 1. The first kappa shape index (κ1) is 16.0. The van der Waals surface area contributed by atoms with E-state index in [1.807, 2.05) is 6.07 Å². The van der Waals surface area contributed by atoms with Crippen LogP contribution in [0.15, 0.2) is 12.1 Å². The highest BCUT2D eigenvalue weighted by Crippen LogP contribution is 2.31. The lowest BCUT2D eigenvalue weighted by Gasteiger charge is -2.18. The predicted octanol–water partition coefficient (Wildman–Crippen LogP) is 2.36. The number of methoxy groups -OCH3 is 2. The Morgan fingerprint density at radius 3 is 2.47 bits per heavy atom. The zero-order valence-electron chi connectivity index (χ0n) is 12.4. The molecule has 0 spiro atoms. The molecule has 1 aromatic rings. The highest BCUT2D eigenvalue weighted by atomic mass is 16.5. The summed E-state index contributed by atoms with van der Waals surface area (Å²) in [6, 6.07) is 4.05. The van der Waals surface area contributed by atoms with Gasteiger partial charge in [0.05, 0.1) is 20.3 Å². The fourth-order valence-corrected chi connectivity index (χ4v) is 1.98. The smallest absolute Gasteiger partial charge is 0.126 e. The van der Waals surface area contributed by atoms with Crippen LogP contribution < -0.4 is 10.5 Å². The molecule has 0 aliphatic rings. The average Bonchev–Trinajstić information content (AvgIpc) is 2.41. The van der Waals surface area contributed by atoms with Crippen LogP contribution in [-0.2, 0) is 9.47 Å². The van der Waals surface area contributed by atoms with Crippen molar-refractivity contribution >= 4 is 0 Å². The molecule has 0 fully saturated rings. The van der Waals surface area contributed by atoms with E-state index in [0.717, 1.165) is 23.3 Å². The monoisotopic (exact) mass is 267 g/mol. The summed E-state index contributed by atoms with van der Waals surface area (Å²) < 4.78 is 15.9. The third kappa shape index (κ3) is 4.49. The van der Waals surface area contributed by atoms with Crippen LogP contribution in [0.25, 0.3) is 0 Å². The topological polar surface area (TPSA) is 53.7 Å². The molecule has 0 bridgehead atoms. The van der Waals surface area contributed by atoms with Crippen LogP contribution in [0.4, 0.5) is 0 Å². The molecule has 0 aliphatic carbocycles. The van der Waals surface area contributed by atoms with E-state index in [4.69, 9.17) is 19.9 Å². The minimum Gasteiger partial charge on any atom is -0.496 e. The first-order valence-corrected chi connectivity index (χ1v) is 6.58. The molecule has 1 rings (SSSR count). The molecule has 0 amide bonds. The van der Waals surface area contributed by atoms with Gasteiger partial charge in [-0.3, -0.25) is 0 Å². The minimum absolute atomic E-state index is 0.0724. The second-order valence-corrected chi connectivity index (χ2v) is 4.63. The van der Waals surface area contributed by atoms with Crippen molar-refractivity contribution in [3.63, 3.8) is 0 Å². The van der Waals surface area contributed by atoms with Crippen molar-refractivity contribution in [2.24, 2.45) is 5.73 Å². The van der Waals surface area contributed by atoms with Crippen molar-refractivity contribution in [1.29, 1.82) is 0 Å². The molecule has 4 nitrogen and oxygen atoms in total. The summed E-state index contributed by atoms with van der Waals surface area (Å²) in [5, 5.41) is 0. The Labute approximate surface area is 115 Å². The maximum atomic E-state index is 6.21. The number of benzene rings is 1. The second-order valence-electron chi connectivity index (χ2n) is 4.63. The lowest BCUT2D eigenvalue weighted by Crippen LogP contribution is -2.15. The second kappa shape index (κ2) is 8.15. The van der Waals surface area contributed by atoms with Crippen molar-refractivity contribution in [3.05, 3.63) is 28.8 Å². The van der Waals surface area contributed by atoms with Gasteiger partial charge in [0.25, 0.3) is 0 Å². The van der Waals surface area contributed by atoms with Crippen LogP contribution >= 0.6 is 0 Å². The van der Waals surface area contributed by atoms with Gasteiger partial charge in [0.15, 0.2) is 0 Å². The highest BCUT2D eigenvalue weighted by Gasteiger charge is 2.14. The van der Waals surface area contributed by atoms with Gasteiger partial charge in [-0.15, -0.1) is 0 Å². The zero-order valence-corrected chi connectivity index (χ0v) is 12.4. The number of nitrogens with two attached hydrogens (primary N) is 1. The largest absolute Gasteiger partial charge is 0.496 e. The number of hydrogen-bond acceptors (Lipinski definition) is 4. The van der Waals surface area contributed by atoms with Crippen molar-refractivity contribution < 1.29 is 14.2 Å². The Morgan fingerprint density at radius 2 is 1.84 bits per heavy atom. The molecule has 1 aromatic carbocycles. The van der Waals surface area contributed by atoms with E-state index in [-0.39, 0.29) is 6.04 Å². The van der Waals surface area contributed by atoms with E-state index in [2.05, 4.69) is 19.9 Å². The summed E-state index contributed by atoms with van der Waals surface area (Å²) in [6.45, 7) is 5.97. The van der Waals surface area contributed by atoms with Crippen LogP contribution in [0, 0.1) is 13.8 Å². The molecular formula is C15H25NO3. The van der Waals surface area contributed by atoms with Crippen LogP contribution in [-0.4, -0.2) is 34.0 Å². The molecule has 2 N–H and O–H groups in total. The summed E-state index contributed by atoms with van der Waals surface area (Å²) in [4.78, 5) is 0. The van der Waals surface area contributed by atoms with Gasteiger partial charge in [-0.05, 0) is 31.4 Å². The number of ether oxygens (including phenoxy) is 3. The fraction of sp³-hybridized carbons (Fsp3) is 0.600. The average molecular weight is 267 g/mol. The quantitative estimate of drug-likeness (QED) is 0.735. The lowest BCUT2D eigenvalue weighted by molar-refractivity contribution is 0.0671. The first-order chi connectivity index (χ1) is 9.11. The normalized spacial score (nSPS) is 12.5. The van der Waals surface area contributed by atoms with Crippen LogP contribution in [0.1, 0.15) is 29.2 Å². The molecule has 4 heteroatoms. The van der Waals surface area contributed by atoms with Gasteiger partial charge in [-0.2, -0.15) is 0 Å². The molecule has 0 aliphatic heterocycles. The van der Waals surface area contributed by atoms with Crippen LogP contribution in [0.3, 0.4) is 0 Å². The summed E-state index contributed by atoms with van der Waals surface area (Å²) >= 11 is 0. The third-order valence-corrected chi connectivity index (χ3v) is 3.32. The van der Waals surface area contributed by atoms with Gasteiger partial charge in [-0.1, -0.05) is 12.1 Å². The maximum absolute atomic E-state index is 6.21. The Kier molecular flexibility index (Phi) is 6.84. The fourth-order valence-electron chi connectivity index (χ4n) is 1.98. The van der Waals surface area contributed by atoms with Gasteiger partial charge in [0.2, 0.25) is 0 Å². The summed E-state index contributed by atoms with van der Waals surface area (Å²) in [7, 11) is 3.35. The summed E-state index contributed by atoms with van der Waals surface area (Å²) in [5.74, 6) is 0.893. The third-order valence-electron chi connectivity index (χ3n) is 3.32. The van der Waals surface area contributed by atoms with E-state index in [1.165, 1.54) is 5.56 Å². The van der Waals surface area contributed by atoms with Gasteiger partial charge < -0.3 is 19.9 Å². The van der Waals surface area contributed by atoms with E-state index < -0.39 is 0 Å². The molecule has 0 aromatic heterocycles. The van der Waals surface area contributed by atoms with E-state index in [1.54, 1.807) is 14.2 Å². The number of rotatable bonds is 8. The SMILES string of the molecule is COCCOCCC(N)c1ccc(C)c(C)c1OC. The standard InChI is InChI=1S/C15H25NO3/c1-11-5-6-13(15(18-4)12(11)2)14(16)7-8-19-10-9-17-3/h5-6,14H,7-10,16H2,1-4H3. The molecule has 1 unspecified atom stereocenters. The molecular weight excluding hydrogens is 242 g/mol. The van der Waals surface area contributed by atoms with Crippen molar-refractivity contribution in [1.82, 2.24) is 0 Å². The molecule has 0 heterocycles. The van der Waals surface area contributed by atoms with Crippen LogP contribution in [0.2, 0.25) is 0 Å². The van der Waals surface area contributed by atoms with Gasteiger partial charge >= 0.3 is 0 Å². The summed E-state index contributed by atoms with van der Waals surface area (Å²) in [6.07, 6.45) is 0.766. The molecule has 0 saturated heterocycles. The Hall–Kier alpha value is -1.10. The van der Waals surface area contributed by atoms with Gasteiger partial charge in [-0.25, -0.2) is 0 Å².